The first-order valence-corrected chi connectivity index (χ1v) is 23.2. The summed E-state index contributed by atoms with van der Waals surface area (Å²) in [5.74, 6) is 5.21. The second-order valence-electron chi connectivity index (χ2n) is 17.8. The molecule has 8 rings (SSSR count). The minimum atomic E-state index is -0.503. The van der Waals surface area contributed by atoms with E-state index in [1.54, 1.807) is 20.1 Å². The number of methoxy groups -OCH3 is 1. The average molecular weight is 852 g/mol. The number of fused-ring (bicyclic) bond motifs is 9. The number of allylic oxidation sites excluding steroid dienone is 4. The third kappa shape index (κ3) is 11.7. The van der Waals surface area contributed by atoms with Crippen molar-refractivity contribution in [2.24, 2.45) is 11.8 Å². The van der Waals surface area contributed by atoms with Gasteiger partial charge in [-0.15, -0.1) is 0 Å². The number of rotatable bonds is 15. The summed E-state index contributed by atoms with van der Waals surface area (Å²) in [4.78, 5) is 13.9. The van der Waals surface area contributed by atoms with Crippen molar-refractivity contribution in [3.8, 4) is 29.3 Å². The number of aliphatic hydroxyl groups is 2. The van der Waals surface area contributed by atoms with Crippen LogP contribution >= 0.6 is 0 Å². The van der Waals surface area contributed by atoms with Crippen molar-refractivity contribution in [3.05, 3.63) is 124 Å². The Morgan fingerprint density at radius 1 is 0.952 bits per heavy atom. The maximum Gasteiger partial charge on any atom is 0.161 e. The Labute approximate surface area is 374 Å². The Bertz CT molecular complexity index is 2380. The largest absolute Gasteiger partial charge is 0.508 e. The Morgan fingerprint density at radius 3 is 2.63 bits per heavy atom. The number of carbonyl (C=O) groups is 1. The van der Waals surface area contributed by atoms with Gasteiger partial charge in [-0.1, -0.05) is 94.0 Å². The molecule has 8 heteroatoms. The van der Waals surface area contributed by atoms with Crippen LogP contribution in [0.5, 0.6) is 17.2 Å². The van der Waals surface area contributed by atoms with E-state index in [1.165, 1.54) is 5.56 Å². The summed E-state index contributed by atoms with van der Waals surface area (Å²) < 4.78 is 18.7. The second kappa shape index (κ2) is 21.6. The topological polar surface area (TPSA) is 117 Å². The molecule has 4 aliphatic rings. The highest BCUT2D eigenvalue weighted by Crippen LogP contribution is 2.45. The molecule has 4 aromatic rings. The quantitative estimate of drug-likeness (QED) is 0.0690. The second-order valence-corrected chi connectivity index (χ2v) is 17.8. The number of unbranched alkanes of at least 4 members (excludes halogenated alkanes) is 3. The number of phenols is 1. The van der Waals surface area contributed by atoms with Crippen LogP contribution in [0.15, 0.2) is 90.7 Å². The first-order chi connectivity index (χ1) is 30.6. The van der Waals surface area contributed by atoms with Crippen molar-refractivity contribution < 1.29 is 34.3 Å². The molecule has 0 unspecified atom stereocenters. The van der Waals surface area contributed by atoms with Crippen LogP contribution in [0.1, 0.15) is 130 Å². The molecule has 8 nitrogen and oxygen atoms in total. The highest BCUT2D eigenvalue weighted by atomic mass is 16.5. The van der Waals surface area contributed by atoms with Gasteiger partial charge >= 0.3 is 0 Å². The maximum atomic E-state index is 13.9. The Morgan fingerprint density at radius 2 is 1.81 bits per heavy atom. The normalized spacial score (nSPS) is 21.3. The minimum Gasteiger partial charge on any atom is -0.508 e. The summed E-state index contributed by atoms with van der Waals surface area (Å²) >= 11 is 0. The summed E-state index contributed by atoms with van der Waals surface area (Å²) in [7, 11) is 1.64. The van der Waals surface area contributed by atoms with Crippen LogP contribution in [0.3, 0.4) is 0 Å². The first-order valence-electron chi connectivity index (χ1n) is 23.2. The van der Waals surface area contributed by atoms with E-state index in [2.05, 4.69) is 79.8 Å². The van der Waals surface area contributed by atoms with E-state index in [1.807, 2.05) is 36.4 Å². The molecule has 0 spiro atoms. The van der Waals surface area contributed by atoms with Crippen LogP contribution in [-0.2, 0) is 29.0 Å². The molecule has 0 saturated carbocycles. The Kier molecular flexibility index (Phi) is 15.6. The van der Waals surface area contributed by atoms with Crippen molar-refractivity contribution in [2.75, 3.05) is 19.0 Å². The summed E-state index contributed by atoms with van der Waals surface area (Å²) in [6, 6.07) is 20.4. The zero-order valence-corrected chi connectivity index (χ0v) is 37.5. The van der Waals surface area contributed by atoms with E-state index < -0.39 is 12.2 Å². The fourth-order valence-electron chi connectivity index (χ4n) is 9.48. The van der Waals surface area contributed by atoms with Gasteiger partial charge in [0.15, 0.2) is 11.5 Å². The Hall–Kier alpha value is -5.65. The molecule has 0 aromatic heterocycles. The molecule has 2 heterocycles. The zero-order valence-electron chi connectivity index (χ0n) is 37.5. The number of nitrogens with one attached hydrogen (secondary N) is 1. The summed E-state index contributed by atoms with van der Waals surface area (Å²) in [6.07, 6.45) is 21.6. The van der Waals surface area contributed by atoms with Crippen molar-refractivity contribution in [1.29, 1.82) is 0 Å². The van der Waals surface area contributed by atoms with Gasteiger partial charge in [-0.3, -0.25) is 4.79 Å². The SMILES string of the molecule is CCCCC[C@H]1C#CO[C@@H](C[C@@H]2C=C(O)C=C[C@H]2CCCCc2cccc(NC[C@H](C)O)c2)CC(=O)CCc2ccc(OC)c(c2)OCc2ccc3c1c(O)cc1c3c2C=C[C@H]1C. The molecule has 0 saturated heterocycles. The molecule has 63 heavy (non-hydrogen) atoms. The summed E-state index contributed by atoms with van der Waals surface area (Å²) in [6.45, 7) is 6.95. The summed E-state index contributed by atoms with van der Waals surface area (Å²) in [5.41, 5.74) is 7.25. The van der Waals surface area contributed by atoms with Gasteiger partial charge in [0.25, 0.3) is 0 Å². The minimum absolute atomic E-state index is 0.0420. The van der Waals surface area contributed by atoms with Crippen molar-refractivity contribution in [3.63, 3.8) is 0 Å². The van der Waals surface area contributed by atoms with E-state index in [0.29, 0.717) is 43.9 Å². The number of hydrogen-bond donors (Lipinski definition) is 4. The molecule has 6 bridgehead atoms. The van der Waals surface area contributed by atoms with Gasteiger partial charge in [-0.25, -0.2) is 0 Å². The lowest BCUT2D eigenvalue weighted by Gasteiger charge is -2.28. The van der Waals surface area contributed by atoms with E-state index in [4.69, 9.17) is 14.2 Å². The van der Waals surface area contributed by atoms with Gasteiger partial charge in [0.2, 0.25) is 0 Å². The standard InChI is InChI=1S/C55H65NO7/c1-5-6-7-14-41-26-27-62-47(31-43-30-45(58)22-19-40(43)13-9-8-11-38-12-10-15-44(28-38)56-34-37(3)57)32-46(59)21-17-39-18-25-52(61-4)53(29-39)63-35-42-20-24-49-54(41)51(60)33-50-36(2)16-23-48(42)55(49)50/h10,12,15-16,18-20,22-25,28-30,33,36-37,40-41,43,47,56-58,60H,5-9,11,13-14,17,21,31-32,34-35H2,1-4H3/t36-,37+,40-,41+,43+,47+/m1/s1. The van der Waals surface area contributed by atoms with Gasteiger partial charge in [0, 0.05) is 36.6 Å². The van der Waals surface area contributed by atoms with Crippen molar-refractivity contribution in [2.45, 2.75) is 128 Å². The monoisotopic (exact) mass is 851 g/mol. The number of carbonyl (C=O) groups excluding carboxylic acids is 1. The molecule has 332 valence electrons. The zero-order chi connectivity index (χ0) is 44.3. The third-order valence-corrected chi connectivity index (χ3v) is 13.0. The molecule has 2 aliphatic carbocycles. The van der Waals surface area contributed by atoms with Gasteiger partial charge < -0.3 is 34.8 Å². The number of phenolic OH excluding ortho intramolecular Hbond substituents is 1. The van der Waals surface area contributed by atoms with Gasteiger partial charge in [0.05, 0.1) is 19.1 Å². The van der Waals surface area contributed by atoms with Crippen LogP contribution in [0.4, 0.5) is 5.69 Å². The number of ketones is 1. The first kappa shape index (κ1) is 45.4. The number of aromatic hydroxyl groups is 1. The van der Waals surface area contributed by atoms with Crippen LogP contribution in [0.2, 0.25) is 0 Å². The molecule has 0 amide bonds. The molecular weight excluding hydrogens is 787 g/mol. The Balaban J connectivity index is 1.17. The number of aryl methyl sites for hydroxylation is 2. The van der Waals surface area contributed by atoms with Crippen LogP contribution < -0.4 is 14.8 Å². The molecule has 4 aromatic carbocycles. The lowest BCUT2D eigenvalue weighted by atomic mass is 9.80. The van der Waals surface area contributed by atoms with Crippen molar-refractivity contribution in [1.82, 2.24) is 0 Å². The number of hydrogen-bond acceptors (Lipinski definition) is 8. The third-order valence-electron chi connectivity index (χ3n) is 13.0. The molecule has 0 fully saturated rings. The van der Waals surface area contributed by atoms with Gasteiger partial charge in [-0.2, -0.15) is 0 Å². The number of aliphatic hydroxyl groups excluding tert-OH is 2. The van der Waals surface area contributed by atoms with Crippen LogP contribution in [0, 0.1) is 23.9 Å². The molecule has 0 radical (unpaired) electrons. The molecular formula is C55H65NO7. The molecule has 6 atom stereocenters. The predicted molar refractivity (Wildman–Crippen MR) is 253 cm³/mol. The fraction of sp³-hybridized carbons (Fsp3) is 0.436. The number of Topliss-reactive ketones (excluding diaryl/α,β-unsaturated/α-hetero) is 1. The van der Waals surface area contributed by atoms with Gasteiger partial charge in [0.1, 0.15) is 36.1 Å². The lowest BCUT2D eigenvalue weighted by Crippen LogP contribution is -2.24. The molecule has 4 N–H and O–H groups in total. The smallest absolute Gasteiger partial charge is 0.161 e. The predicted octanol–water partition coefficient (Wildman–Crippen LogP) is 12.0. The maximum absolute atomic E-state index is 13.9. The van der Waals surface area contributed by atoms with Crippen LogP contribution in [0.25, 0.3) is 16.8 Å². The van der Waals surface area contributed by atoms with Crippen LogP contribution in [-0.4, -0.2) is 47.0 Å². The lowest BCUT2D eigenvalue weighted by molar-refractivity contribution is -0.121. The van der Waals surface area contributed by atoms with E-state index in [0.717, 1.165) is 95.6 Å². The van der Waals surface area contributed by atoms with E-state index >= 15 is 0 Å². The number of anilines is 1. The average Bonchev–Trinajstić information content (AvgIpc) is 3.27. The van der Waals surface area contributed by atoms with Crippen molar-refractivity contribution >= 4 is 28.3 Å². The highest BCUT2D eigenvalue weighted by molar-refractivity contribution is 6.00. The van der Waals surface area contributed by atoms with Gasteiger partial charge in [-0.05, 0) is 138 Å². The van der Waals surface area contributed by atoms with E-state index in [9.17, 15) is 20.1 Å². The number of ether oxygens (including phenoxy) is 3. The van der Waals surface area contributed by atoms with E-state index in [-0.39, 0.29) is 47.4 Å². The fourth-order valence-corrected chi connectivity index (χ4v) is 9.48. The highest BCUT2D eigenvalue weighted by Gasteiger charge is 2.28. The number of benzene rings is 4. The summed E-state index contributed by atoms with van der Waals surface area (Å²) in [5, 5.41) is 37.7. The molecule has 2 aliphatic heterocycles.